The first-order valence-electron chi connectivity index (χ1n) is 5.91. The van der Waals surface area contributed by atoms with E-state index in [2.05, 4.69) is 0 Å². The van der Waals surface area contributed by atoms with Gasteiger partial charge in [-0.25, -0.2) is 13.6 Å². The zero-order chi connectivity index (χ0) is 14.4. The van der Waals surface area contributed by atoms with Crippen LogP contribution in [0.4, 0.5) is 14.5 Å². The molecule has 19 heavy (non-hydrogen) atoms. The number of rotatable bonds is 6. The van der Waals surface area contributed by atoms with Crippen molar-refractivity contribution in [2.24, 2.45) is 5.92 Å². The predicted octanol–water partition coefficient (Wildman–Crippen LogP) is 2.38. The van der Waals surface area contributed by atoms with Crippen LogP contribution in [0.1, 0.15) is 24.2 Å². The van der Waals surface area contributed by atoms with E-state index in [1.54, 1.807) is 0 Å². The van der Waals surface area contributed by atoms with Crippen molar-refractivity contribution in [3.63, 3.8) is 0 Å². The Kier molecular flexibility index (Phi) is 5.69. The molecule has 4 nitrogen and oxygen atoms in total. The molecule has 0 spiro atoms. The Morgan fingerprint density at radius 1 is 1.32 bits per heavy atom. The lowest BCUT2D eigenvalue weighted by atomic mass is 10.2. The first-order valence-corrected chi connectivity index (χ1v) is 5.91. The van der Waals surface area contributed by atoms with Gasteiger partial charge in [-0.3, -0.25) is 0 Å². The fraction of sp³-hybridized carbons (Fsp3) is 0.462. The van der Waals surface area contributed by atoms with Crippen molar-refractivity contribution in [1.82, 2.24) is 0 Å². The van der Waals surface area contributed by atoms with Gasteiger partial charge in [0.25, 0.3) is 0 Å². The molecule has 0 unspecified atom stereocenters. The fourth-order valence-corrected chi connectivity index (χ4v) is 1.35. The van der Waals surface area contributed by atoms with Crippen molar-refractivity contribution in [2.45, 2.75) is 13.8 Å². The largest absolute Gasteiger partial charge is 0.460 e. The van der Waals surface area contributed by atoms with Crippen LogP contribution < -0.4 is 5.73 Å². The van der Waals surface area contributed by atoms with E-state index in [4.69, 9.17) is 15.2 Å². The van der Waals surface area contributed by atoms with Crippen molar-refractivity contribution in [1.29, 1.82) is 0 Å². The van der Waals surface area contributed by atoms with Crippen molar-refractivity contribution in [2.75, 3.05) is 25.6 Å². The fourth-order valence-electron chi connectivity index (χ4n) is 1.35. The molecule has 0 radical (unpaired) electrons. The lowest BCUT2D eigenvalue weighted by molar-refractivity contribution is 0.0273. The number of nitrogen functional groups attached to an aromatic ring is 1. The number of ether oxygens (including phenoxy) is 2. The SMILES string of the molecule is CC(C)COCCOC(=O)c1cc(F)cc(N)c1F. The molecule has 1 aromatic carbocycles. The number of nitrogens with two attached hydrogens (primary N) is 1. The second kappa shape index (κ2) is 7.04. The van der Waals surface area contributed by atoms with Crippen LogP contribution in [-0.2, 0) is 9.47 Å². The molecule has 1 aromatic rings. The maximum atomic E-state index is 13.5. The van der Waals surface area contributed by atoms with Gasteiger partial charge in [0, 0.05) is 6.61 Å². The molecule has 0 aromatic heterocycles. The summed E-state index contributed by atoms with van der Waals surface area (Å²) in [5.41, 5.74) is 4.28. The smallest absolute Gasteiger partial charge is 0.341 e. The predicted molar refractivity (Wildman–Crippen MR) is 66.7 cm³/mol. The van der Waals surface area contributed by atoms with Crippen molar-refractivity contribution in [3.05, 3.63) is 29.3 Å². The molecular weight excluding hydrogens is 256 g/mol. The number of hydrogen-bond acceptors (Lipinski definition) is 4. The number of hydrogen-bond donors (Lipinski definition) is 1. The molecule has 0 fully saturated rings. The van der Waals surface area contributed by atoms with Gasteiger partial charge in [-0.2, -0.15) is 0 Å². The average molecular weight is 273 g/mol. The van der Waals surface area contributed by atoms with E-state index in [1.165, 1.54) is 0 Å². The molecule has 0 aliphatic carbocycles. The van der Waals surface area contributed by atoms with Gasteiger partial charge in [0.05, 0.1) is 12.3 Å². The second-order valence-electron chi connectivity index (χ2n) is 4.46. The molecule has 0 saturated heterocycles. The van der Waals surface area contributed by atoms with E-state index < -0.39 is 28.9 Å². The van der Waals surface area contributed by atoms with E-state index >= 15 is 0 Å². The van der Waals surface area contributed by atoms with E-state index in [0.29, 0.717) is 12.5 Å². The Morgan fingerprint density at radius 2 is 2.00 bits per heavy atom. The van der Waals surface area contributed by atoms with Gasteiger partial charge in [0.15, 0.2) is 5.82 Å². The topological polar surface area (TPSA) is 61.5 Å². The number of halogens is 2. The average Bonchev–Trinajstić information content (AvgIpc) is 2.32. The number of carbonyl (C=O) groups excluding carboxylic acids is 1. The molecule has 0 saturated carbocycles. The van der Waals surface area contributed by atoms with E-state index in [1.807, 2.05) is 13.8 Å². The van der Waals surface area contributed by atoms with Crippen LogP contribution in [0, 0.1) is 17.6 Å². The van der Waals surface area contributed by atoms with Crippen LogP contribution in [0.3, 0.4) is 0 Å². The summed E-state index contributed by atoms with van der Waals surface area (Å²) in [6, 6.07) is 1.56. The maximum absolute atomic E-state index is 13.5. The van der Waals surface area contributed by atoms with Crippen molar-refractivity contribution >= 4 is 11.7 Å². The van der Waals surface area contributed by atoms with Crippen LogP contribution in [0.15, 0.2) is 12.1 Å². The Morgan fingerprint density at radius 3 is 2.63 bits per heavy atom. The highest BCUT2D eigenvalue weighted by Crippen LogP contribution is 2.18. The van der Waals surface area contributed by atoms with Crippen molar-refractivity contribution in [3.8, 4) is 0 Å². The molecule has 0 heterocycles. The summed E-state index contributed by atoms with van der Waals surface area (Å²) >= 11 is 0. The molecular formula is C13H17F2NO3. The highest BCUT2D eigenvalue weighted by molar-refractivity contribution is 5.90. The quantitative estimate of drug-likeness (QED) is 0.491. The third-order valence-electron chi connectivity index (χ3n) is 2.20. The van der Waals surface area contributed by atoms with Crippen LogP contribution in [0.2, 0.25) is 0 Å². The second-order valence-corrected chi connectivity index (χ2v) is 4.46. The van der Waals surface area contributed by atoms with Gasteiger partial charge < -0.3 is 15.2 Å². The van der Waals surface area contributed by atoms with E-state index in [0.717, 1.165) is 12.1 Å². The summed E-state index contributed by atoms with van der Waals surface area (Å²) in [7, 11) is 0. The van der Waals surface area contributed by atoms with Gasteiger partial charge in [-0.15, -0.1) is 0 Å². The third-order valence-corrected chi connectivity index (χ3v) is 2.20. The summed E-state index contributed by atoms with van der Waals surface area (Å²) < 4.78 is 36.5. The van der Waals surface area contributed by atoms with Gasteiger partial charge in [-0.05, 0) is 18.1 Å². The lowest BCUT2D eigenvalue weighted by Gasteiger charge is -2.09. The summed E-state index contributed by atoms with van der Waals surface area (Å²) in [5.74, 6) is -2.36. The van der Waals surface area contributed by atoms with Crippen LogP contribution in [0.5, 0.6) is 0 Å². The molecule has 6 heteroatoms. The van der Waals surface area contributed by atoms with Gasteiger partial charge in [0.1, 0.15) is 18.0 Å². The van der Waals surface area contributed by atoms with Gasteiger partial charge in [0.2, 0.25) is 0 Å². The monoisotopic (exact) mass is 273 g/mol. The lowest BCUT2D eigenvalue weighted by Crippen LogP contribution is -2.14. The number of esters is 1. The Hall–Kier alpha value is -1.69. The van der Waals surface area contributed by atoms with Crippen LogP contribution >= 0.6 is 0 Å². The molecule has 2 N–H and O–H groups in total. The summed E-state index contributed by atoms with van der Waals surface area (Å²) in [5, 5.41) is 0. The minimum atomic E-state index is -0.977. The summed E-state index contributed by atoms with van der Waals surface area (Å²) in [6.45, 7) is 4.68. The number of anilines is 1. The van der Waals surface area contributed by atoms with Gasteiger partial charge in [-0.1, -0.05) is 13.8 Å². The normalized spacial score (nSPS) is 10.8. The number of benzene rings is 1. The van der Waals surface area contributed by atoms with Gasteiger partial charge >= 0.3 is 5.97 Å². The number of carbonyl (C=O) groups is 1. The standard InChI is InChI=1S/C13H17F2NO3/c1-8(2)7-18-3-4-19-13(17)10-5-9(14)6-11(16)12(10)15/h5-6,8H,3-4,7,16H2,1-2H3. The highest BCUT2D eigenvalue weighted by atomic mass is 19.1. The van der Waals surface area contributed by atoms with Crippen LogP contribution in [-0.4, -0.2) is 25.8 Å². The zero-order valence-electron chi connectivity index (χ0n) is 10.9. The summed E-state index contributed by atoms with van der Waals surface area (Å²) in [4.78, 5) is 11.5. The molecule has 0 atom stereocenters. The minimum Gasteiger partial charge on any atom is -0.460 e. The third kappa shape index (κ3) is 4.82. The zero-order valence-corrected chi connectivity index (χ0v) is 10.9. The Balaban J connectivity index is 2.50. The maximum Gasteiger partial charge on any atom is 0.341 e. The Labute approximate surface area is 110 Å². The highest BCUT2D eigenvalue weighted by Gasteiger charge is 2.17. The molecule has 1 rings (SSSR count). The first kappa shape index (κ1) is 15.4. The van der Waals surface area contributed by atoms with Crippen LogP contribution in [0.25, 0.3) is 0 Å². The van der Waals surface area contributed by atoms with E-state index in [9.17, 15) is 13.6 Å². The summed E-state index contributed by atoms with van der Waals surface area (Å²) in [6.07, 6.45) is 0. The first-order chi connectivity index (χ1) is 8.91. The molecule has 0 aliphatic heterocycles. The van der Waals surface area contributed by atoms with E-state index in [-0.39, 0.29) is 13.2 Å². The molecule has 0 bridgehead atoms. The molecule has 106 valence electrons. The molecule has 0 aliphatic rings. The van der Waals surface area contributed by atoms with Crippen molar-refractivity contribution < 1.29 is 23.0 Å². The molecule has 0 amide bonds. The minimum absolute atomic E-state index is 0.0264. The Bertz CT molecular complexity index is 450.